The SMILES string of the molecule is CN(C)Cc1ccccc1CN(C)C(=O)c1cccc(-c2ccco2)c1. The van der Waals surface area contributed by atoms with E-state index in [1.54, 1.807) is 11.2 Å². The van der Waals surface area contributed by atoms with Gasteiger partial charge in [-0.3, -0.25) is 4.79 Å². The molecule has 134 valence electrons. The summed E-state index contributed by atoms with van der Waals surface area (Å²) in [7, 11) is 5.94. The summed E-state index contributed by atoms with van der Waals surface area (Å²) in [6.45, 7) is 1.43. The quantitative estimate of drug-likeness (QED) is 0.667. The van der Waals surface area contributed by atoms with E-state index in [1.165, 1.54) is 11.1 Å². The summed E-state index contributed by atoms with van der Waals surface area (Å²) in [6, 6.07) is 19.6. The Bertz CT molecular complexity index is 869. The Hall–Kier alpha value is -2.85. The number of rotatable bonds is 6. The minimum atomic E-state index is -0.00179. The molecule has 0 atom stereocenters. The van der Waals surface area contributed by atoms with Crippen LogP contribution >= 0.6 is 0 Å². The van der Waals surface area contributed by atoms with Crippen LogP contribution in [0.1, 0.15) is 21.5 Å². The van der Waals surface area contributed by atoms with Gasteiger partial charge >= 0.3 is 0 Å². The summed E-state index contributed by atoms with van der Waals surface area (Å²) in [4.78, 5) is 16.8. The third kappa shape index (κ3) is 4.21. The van der Waals surface area contributed by atoms with E-state index in [-0.39, 0.29) is 5.91 Å². The van der Waals surface area contributed by atoms with Crippen molar-refractivity contribution >= 4 is 5.91 Å². The molecule has 26 heavy (non-hydrogen) atoms. The van der Waals surface area contributed by atoms with Crippen molar-refractivity contribution in [3.05, 3.63) is 83.6 Å². The number of furan rings is 1. The Balaban J connectivity index is 1.78. The van der Waals surface area contributed by atoms with Crippen molar-refractivity contribution < 1.29 is 9.21 Å². The second kappa shape index (κ2) is 8.02. The van der Waals surface area contributed by atoms with Gasteiger partial charge in [-0.05, 0) is 49.5 Å². The van der Waals surface area contributed by atoms with Gasteiger partial charge in [0.2, 0.25) is 0 Å². The Kier molecular flexibility index (Phi) is 5.54. The molecule has 0 spiro atoms. The van der Waals surface area contributed by atoms with Gasteiger partial charge in [0.15, 0.2) is 0 Å². The Morgan fingerprint density at radius 3 is 2.27 bits per heavy atom. The first-order chi connectivity index (χ1) is 12.5. The molecule has 0 aliphatic heterocycles. The molecule has 4 heteroatoms. The van der Waals surface area contributed by atoms with E-state index in [4.69, 9.17) is 4.42 Å². The Labute approximate surface area is 154 Å². The lowest BCUT2D eigenvalue weighted by atomic mass is 10.1. The fourth-order valence-electron chi connectivity index (χ4n) is 3.00. The maximum atomic E-state index is 12.9. The first kappa shape index (κ1) is 18.0. The van der Waals surface area contributed by atoms with Crippen LogP contribution in [0.25, 0.3) is 11.3 Å². The molecule has 0 saturated carbocycles. The van der Waals surface area contributed by atoms with E-state index in [0.717, 1.165) is 17.9 Å². The van der Waals surface area contributed by atoms with Crippen molar-refractivity contribution in [3.63, 3.8) is 0 Å². The largest absolute Gasteiger partial charge is 0.464 e. The summed E-state index contributed by atoms with van der Waals surface area (Å²) in [5, 5.41) is 0. The molecule has 0 bridgehead atoms. The molecule has 0 saturated heterocycles. The summed E-state index contributed by atoms with van der Waals surface area (Å²) < 4.78 is 5.43. The lowest BCUT2D eigenvalue weighted by molar-refractivity contribution is 0.0784. The van der Waals surface area contributed by atoms with Crippen LogP contribution in [-0.4, -0.2) is 36.9 Å². The molecule has 1 heterocycles. The third-order valence-corrected chi connectivity index (χ3v) is 4.27. The number of hydrogen-bond acceptors (Lipinski definition) is 3. The van der Waals surface area contributed by atoms with Crippen LogP contribution in [0.4, 0.5) is 0 Å². The van der Waals surface area contributed by atoms with E-state index in [0.29, 0.717) is 12.1 Å². The van der Waals surface area contributed by atoms with Crippen molar-refractivity contribution in [1.29, 1.82) is 0 Å². The van der Waals surface area contributed by atoms with E-state index in [1.807, 2.05) is 69.7 Å². The van der Waals surface area contributed by atoms with Gasteiger partial charge in [0, 0.05) is 31.3 Å². The topological polar surface area (TPSA) is 36.7 Å². The lowest BCUT2D eigenvalue weighted by Crippen LogP contribution is -2.27. The van der Waals surface area contributed by atoms with Crippen molar-refractivity contribution in [1.82, 2.24) is 9.80 Å². The molecule has 0 unspecified atom stereocenters. The van der Waals surface area contributed by atoms with Crippen molar-refractivity contribution in [2.45, 2.75) is 13.1 Å². The van der Waals surface area contributed by atoms with Crippen LogP contribution < -0.4 is 0 Å². The predicted molar refractivity (Wildman–Crippen MR) is 104 cm³/mol. The molecule has 1 aromatic heterocycles. The molecule has 3 aromatic rings. The fourth-order valence-corrected chi connectivity index (χ4v) is 3.00. The molecule has 0 fully saturated rings. The van der Waals surface area contributed by atoms with Gasteiger partial charge in [-0.2, -0.15) is 0 Å². The van der Waals surface area contributed by atoms with Crippen LogP contribution in [0.3, 0.4) is 0 Å². The zero-order valence-corrected chi connectivity index (χ0v) is 15.5. The van der Waals surface area contributed by atoms with Gasteiger partial charge < -0.3 is 14.2 Å². The van der Waals surface area contributed by atoms with Gasteiger partial charge in [0.1, 0.15) is 5.76 Å². The summed E-state index contributed by atoms with van der Waals surface area (Å²) in [5.74, 6) is 0.761. The van der Waals surface area contributed by atoms with Crippen LogP contribution in [0.15, 0.2) is 71.3 Å². The highest BCUT2D eigenvalue weighted by molar-refractivity contribution is 5.95. The monoisotopic (exact) mass is 348 g/mol. The molecular formula is C22H24N2O2. The zero-order valence-electron chi connectivity index (χ0n) is 15.5. The maximum Gasteiger partial charge on any atom is 0.253 e. The number of hydrogen-bond donors (Lipinski definition) is 0. The molecule has 3 rings (SSSR count). The van der Waals surface area contributed by atoms with Crippen molar-refractivity contribution in [2.24, 2.45) is 0 Å². The summed E-state index contributed by atoms with van der Waals surface area (Å²) >= 11 is 0. The first-order valence-electron chi connectivity index (χ1n) is 8.65. The molecule has 1 amide bonds. The minimum Gasteiger partial charge on any atom is -0.464 e. The average molecular weight is 348 g/mol. The van der Waals surface area contributed by atoms with Gasteiger partial charge in [-0.1, -0.05) is 36.4 Å². The van der Waals surface area contributed by atoms with Crippen LogP contribution in [0.2, 0.25) is 0 Å². The molecule has 0 aliphatic rings. The summed E-state index contributed by atoms with van der Waals surface area (Å²) in [6.07, 6.45) is 1.64. The van der Waals surface area contributed by atoms with Crippen LogP contribution in [0, 0.1) is 0 Å². The molecule has 0 radical (unpaired) electrons. The first-order valence-corrected chi connectivity index (χ1v) is 8.65. The maximum absolute atomic E-state index is 12.9. The average Bonchev–Trinajstić information content (AvgIpc) is 3.17. The van der Waals surface area contributed by atoms with Crippen molar-refractivity contribution in [3.8, 4) is 11.3 Å². The molecule has 4 nitrogen and oxygen atoms in total. The highest BCUT2D eigenvalue weighted by Gasteiger charge is 2.15. The van der Waals surface area contributed by atoms with Crippen LogP contribution in [0.5, 0.6) is 0 Å². The second-order valence-corrected chi connectivity index (χ2v) is 6.73. The predicted octanol–water partition coefficient (Wildman–Crippen LogP) is 4.28. The smallest absolute Gasteiger partial charge is 0.253 e. The van der Waals surface area contributed by atoms with Gasteiger partial charge in [-0.15, -0.1) is 0 Å². The van der Waals surface area contributed by atoms with E-state index in [9.17, 15) is 4.79 Å². The highest BCUT2D eigenvalue weighted by Crippen LogP contribution is 2.22. The van der Waals surface area contributed by atoms with Gasteiger partial charge in [0.05, 0.1) is 6.26 Å². The van der Waals surface area contributed by atoms with Gasteiger partial charge in [-0.25, -0.2) is 0 Å². The molecule has 0 N–H and O–H groups in total. The fraction of sp³-hybridized carbons (Fsp3) is 0.227. The Morgan fingerprint density at radius 1 is 0.885 bits per heavy atom. The van der Waals surface area contributed by atoms with E-state index >= 15 is 0 Å². The van der Waals surface area contributed by atoms with Crippen molar-refractivity contribution in [2.75, 3.05) is 21.1 Å². The molecule has 0 aliphatic carbocycles. The number of amides is 1. The second-order valence-electron chi connectivity index (χ2n) is 6.73. The number of nitrogens with zero attached hydrogens (tertiary/aromatic N) is 2. The highest BCUT2D eigenvalue weighted by atomic mass is 16.3. The number of benzene rings is 2. The normalized spacial score (nSPS) is 10.9. The third-order valence-electron chi connectivity index (χ3n) is 4.27. The van der Waals surface area contributed by atoms with E-state index < -0.39 is 0 Å². The molecular weight excluding hydrogens is 324 g/mol. The number of carbonyl (C=O) groups excluding carboxylic acids is 1. The van der Waals surface area contributed by atoms with Gasteiger partial charge in [0.25, 0.3) is 5.91 Å². The Morgan fingerprint density at radius 2 is 1.62 bits per heavy atom. The minimum absolute atomic E-state index is 0.00179. The van der Waals surface area contributed by atoms with Crippen LogP contribution in [-0.2, 0) is 13.1 Å². The molecule has 2 aromatic carbocycles. The van der Waals surface area contributed by atoms with E-state index in [2.05, 4.69) is 17.0 Å². The standard InChI is InChI=1S/C22H24N2O2/c1-23(2)15-19-8-4-5-9-20(19)16-24(3)22(25)18-11-6-10-17(14-18)21-12-7-13-26-21/h4-14H,15-16H2,1-3H3. The summed E-state index contributed by atoms with van der Waals surface area (Å²) in [5.41, 5.74) is 3.97. The number of carbonyl (C=O) groups is 1. The zero-order chi connectivity index (χ0) is 18.5. The lowest BCUT2D eigenvalue weighted by Gasteiger charge is -2.21.